The molecule has 0 saturated heterocycles. The SMILES string of the molecule is [Ir].[O-2].[O-2].[Ru]. The first-order chi connectivity index (χ1) is 0. The van der Waals surface area contributed by atoms with Crippen molar-refractivity contribution in [1.82, 2.24) is 0 Å². The maximum Gasteiger partial charge on any atom is 0 e. The van der Waals surface area contributed by atoms with Crippen molar-refractivity contribution in [3.63, 3.8) is 0 Å². The molecule has 0 saturated carbocycles. The average molecular weight is 325 g/mol. The second-order valence-electron chi connectivity index (χ2n) is 0. The molecule has 0 atom stereocenters. The molecule has 0 aromatic heterocycles. The van der Waals surface area contributed by atoms with E-state index < -0.39 is 0 Å². The average Bonchev–Trinajstić information content (AvgIpc) is 0. The van der Waals surface area contributed by atoms with Crippen LogP contribution in [0.3, 0.4) is 0 Å². The summed E-state index contributed by atoms with van der Waals surface area (Å²) >= 11 is 0. The summed E-state index contributed by atoms with van der Waals surface area (Å²) in [6.07, 6.45) is 0. The van der Waals surface area contributed by atoms with Gasteiger partial charge < -0.3 is 11.0 Å². The molecule has 2 nitrogen and oxygen atoms in total. The number of rotatable bonds is 0. The second kappa shape index (κ2) is 30.0. The van der Waals surface area contributed by atoms with Crippen molar-refractivity contribution in [3.8, 4) is 0 Å². The van der Waals surface area contributed by atoms with Crippen molar-refractivity contribution in [2.45, 2.75) is 0 Å². The van der Waals surface area contributed by atoms with Gasteiger partial charge in [0.1, 0.15) is 0 Å². The molecule has 0 aromatic carbocycles. The summed E-state index contributed by atoms with van der Waals surface area (Å²) in [5, 5.41) is 0. The first-order valence-corrected chi connectivity index (χ1v) is 0. The normalized spacial score (nSPS) is 0. The monoisotopic (exact) mass is 327 g/mol. The Morgan fingerprint density at radius 3 is 0.750 bits per heavy atom. The molecule has 0 rings (SSSR count). The molecule has 0 aliphatic heterocycles. The minimum Gasteiger partial charge on any atom is -2.00 e. The van der Waals surface area contributed by atoms with Gasteiger partial charge in [-0.3, -0.25) is 0 Å². The summed E-state index contributed by atoms with van der Waals surface area (Å²) in [6, 6.07) is 0. The second-order valence-corrected chi connectivity index (χ2v) is 0. The van der Waals surface area contributed by atoms with Crippen LogP contribution >= 0.6 is 0 Å². The first-order valence-electron chi connectivity index (χ1n) is 0. The molecule has 33 valence electrons. The van der Waals surface area contributed by atoms with Crippen molar-refractivity contribution >= 4 is 0 Å². The summed E-state index contributed by atoms with van der Waals surface area (Å²) in [4.78, 5) is 0. The molecule has 4 heavy (non-hydrogen) atoms. The Hall–Kier alpha value is 1.19. The van der Waals surface area contributed by atoms with Crippen molar-refractivity contribution in [2.24, 2.45) is 0 Å². The van der Waals surface area contributed by atoms with E-state index in [-0.39, 0.29) is 50.5 Å². The third-order valence-electron chi connectivity index (χ3n) is 0. The molecule has 0 spiro atoms. The third-order valence-corrected chi connectivity index (χ3v) is 0. The van der Waals surface area contributed by atoms with Crippen LogP contribution < -0.4 is 0 Å². The zero-order chi connectivity index (χ0) is 0. The fourth-order valence-corrected chi connectivity index (χ4v) is 0. The Morgan fingerprint density at radius 1 is 0.750 bits per heavy atom. The van der Waals surface area contributed by atoms with Crippen LogP contribution in [0.5, 0.6) is 0 Å². The molecule has 0 bridgehead atoms. The van der Waals surface area contributed by atoms with E-state index in [2.05, 4.69) is 0 Å². The molecule has 0 unspecified atom stereocenters. The molecule has 4 heteroatoms. The van der Waals surface area contributed by atoms with Gasteiger partial charge in [0.15, 0.2) is 0 Å². The van der Waals surface area contributed by atoms with Gasteiger partial charge >= 0.3 is 0 Å². The van der Waals surface area contributed by atoms with Crippen LogP contribution in [0.1, 0.15) is 0 Å². The van der Waals surface area contributed by atoms with E-state index in [0.717, 1.165) is 0 Å². The molecular formula is IrO2Ru-4. The molecule has 0 heterocycles. The van der Waals surface area contributed by atoms with Crippen LogP contribution in [-0.4, -0.2) is 0 Å². The van der Waals surface area contributed by atoms with Gasteiger partial charge in [-0.1, -0.05) is 0 Å². The van der Waals surface area contributed by atoms with E-state index in [1.165, 1.54) is 0 Å². The van der Waals surface area contributed by atoms with E-state index >= 15 is 0 Å². The summed E-state index contributed by atoms with van der Waals surface area (Å²) in [5.74, 6) is 0. The Bertz CT molecular complexity index is 6.00. The van der Waals surface area contributed by atoms with Gasteiger partial charge in [0.2, 0.25) is 0 Å². The van der Waals surface area contributed by atoms with Gasteiger partial charge in [-0.05, 0) is 0 Å². The van der Waals surface area contributed by atoms with Gasteiger partial charge in [-0.2, -0.15) is 0 Å². The number of hydrogen-bond acceptors (Lipinski definition) is 0. The van der Waals surface area contributed by atoms with Crippen LogP contribution in [0.25, 0.3) is 0 Å². The van der Waals surface area contributed by atoms with Crippen molar-refractivity contribution in [1.29, 1.82) is 0 Å². The molecule has 0 amide bonds. The van der Waals surface area contributed by atoms with Gasteiger partial charge in [0.05, 0.1) is 0 Å². The Kier molecular flexibility index (Phi) is 482. The Labute approximate surface area is 50.7 Å². The maximum atomic E-state index is 0. The standard InChI is InChI=1S/Ir.2O.Ru/q;2*-2;. The summed E-state index contributed by atoms with van der Waals surface area (Å²) < 4.78 is 0. The van der Waals surface area contributed by atoms with Crippen molar-refractivity contribution in [3.05, 3.63) is 0 Å². The van der Waals surface area contributed by atoms with Gasteiger partial charge in [0, 0.05) is 39.6 Å². The van der Waals surface area contributed by atoms with E-state index in [1.54, 1.807) is 0 Å². The fraction of sp³-hybridized carbons (Fsp3) is 0. The largest absolute Gasteiger partial charge is 2.00 e. The molecule has 0 aliphatic carbocycles. The van der Waals surface area contributed by atoms with E-state index in [4.69, 9.17) is 0 Å². The third kappa shape index (κ3) is 10.8. The zero-order valence-electron chi connectivity index (χ0n) is 1.50. The molecular weight excluding hydrogens is 325 g/mol. The summed E-state index contributed by atoms with van der Waals surface area (Å²) in [7, 11) is 0. The molecule has 0 N–H and O–H groups in total. The predicted octanol–water partition coefficient (Wildman–Crippen LogP) is -0.243. The van der Waals surface area contributed by atoms with Gasteiger partial charge in [-0.25, -0.2) is 0 Å². The van der Waals surface area contributed by atoms with Gasteiger partial charge in [0.25, 0.3) is 0 Å². The van der Waals surface area contributed by atoms with Crippen LogP contribution in [0.15, 0.2) is 0 Å². The smallest absolute Gasteiger partial charge is 0 e. The van der Waals surface area contributed by atoms with E-state index in [9.17, 15) is 0 Å². The summed E-state index contributed by atoms with van der Waals surface area (Å²) in [5.41, 5.74) is 0. The van der Waals surface area contributed by atoms with Crippen LogP contribution in [0, 0.1) is 0 Å². The van der Waals surface area contributed by atoms with Crippen molar-refractivity contribution < 1.29 is 50.5 Å². The quantitative estimate of drug-likeness (QED) is 0.552. The molecule has 0 fully saturated rings. The Balaban J connectivity index is 0. The fourth-order valence-electron chi connectivity index (χ4n) is 0. The predicted molar refractivity (Wildman–Crippen MR) is 1.37 cm³/mol. The topological polar surface area (TPSA) is 57.0 Å². The van der Waals surface area contributed by atoms with Crippen LogP contribution in [0.4, 0.5) is 0 Å². The van der Waals surface area contributed by atoms with Crippen molar-refractivity contribution in [2.75, 3.05) is 0 Å². The molecule has 0 aliphatic rings. The maximum absolute atomic E-state index is 0. The van der Waals surface area contributed by atoms with Crippen LogP contribution in [0.2, 0.25) is 0 Å². The summed E-state index contributed by atoms with van der Waals surface area (Å²) in [6.45, 7) is 0. The minimum absolute atomic E-state index is 0. The van der Waals surface area contributed by atoms with E-state index in [0.29, 0.717) is 0 Å². The first kappa shape index (κ1) is 64.2. The molecule has 1 radical (unpaired) electrons. The molecule has 0 aromatic rings. The zero-order valence-corrected chi connectivity index (χ0v) is 5.64. The van der Waals surface area contributed by atoms with Gasteiger partial charge in [-0.15, -0.1) is 0 Å². The number of hydrogen-bond donors (Lipinski definition) is 0. The van der Waals surface area contributed by atoms with Crippen LogP contribution in [-0.2, 0) is 50.5 Å². The Morgan fingerprint density at radius 2 is 0.750 bits per heavy atom. The van der Waals surface area contributed by atoms with E-state index in [1.807, 2.05) is 0 Å². The minimum atomic E-state index is 0.